The van der Waals surface area contributed by atoms with Crippen LogP contribution in [0.25, 0.3) is 0 Å². The molecule has 1 aromatic carbocycles. The molecule has 0 unspecified atom stereocenters. The second-order valence-corrected chi connectivity index (χ2v) is 9.61. The van der Waals surface area contributed by atoms with Gasteiger partial charge in [0.15, 0.2) is 0 Å². The second-order valence-electron chi connectivity index (χ2n) is 9.61. The van der Waals surface area contributed by atoms with Gasteiger partial charge in [-0.3, -0.25) is 9.59 Å². The van der Waals surface area contributed by atoms with E-state index in [0.717, 1.165) is 12.8 Å². The number of carboxylic acid groups (broad SMARTS) is 1. The molecule has 2 rings (SSSR count). The van der Waals surface area contributed by atoms with Gasteiger partial charge in [-0.2, -0.15) is 0 Å². The van der Waals surface area contributed by atoms with Crippen molar-refractivity contribution >= 4 is 25.0 Å². The van der Waals surface area contributed by atoms with Crippen LogP contribution in [0.15, 0.2) is 30.3 Å². The molecule has 10 heteroatoms. The molecule has 1 saturated heterocycles. The molecule has 182 valence electrons. The summed E-state index contributed by atoms with van der Waals surface area (Å²) in [7, 11) is 2.40. The summed E-state index contributed by atoms with van der Waals surface area (Å²) in [6, 6.07) is 8.78. The normalized spacial score (nSPS) is 18.3. The SMILES string of the molecule is CN(C)C(=O)C[C@@H](NC(=O)O)C(=O)N[C@@H](CCCc1ccccc1)B1OC(C)(C)C(C)(C)O1. The molecule has 1 heterocycles. The van der Waals surface area contributed by atoms with Crippen LogP contribution in [0.5, 0.6) is 0 Å². The molecule has 0 aromatic heterocycles. The van der Waals surface area contributed by atoms with E-state index in [-0.39, 0.29) is 12.3 Å². The second kappa shape index (κ2) is 11.0. The number of hydrogen-bond acceptors (Lipinski definition) is 5. The fourth-order valence-corrected chi connectivity index (χ4v) is 3.50. The lowest BCUT2D eigenvalue weighted by Gasteiger charge is -2.32. The maximum absolute atomic E-state index is 13.0. The van der Waals surface area contributed by atoms with Crippen LogP contribution >= 0.6 is 0 Å². The highest BCUT2D eigenvalue weighted by molar-refractivity contribution is 6.48. The van der Waals surface area contributed by atoms with E-state index in [9.17, 15) is 14.4 Å². The molecular weight excluding hydrogens is 425 g/mol. The maximum atomic E-state index is 13.0. The average molecular weight is 461 g/mol. The minimum absolute atomic E-state index is 0.286. The van der Waals surface area contributed by atoms with E-state index in [1.165, 1.54) is 10.5 Å². The van der Waals surface area contributed by atoms with Crippen molar-refractivity contribution < 1.29 is 28.8 Å². The molecule has 0 saturated carbocycles. The Morgan fingerprint density at radius 2 is 1.61 bits per heavy atom. The van der Waals surface area contributed by atoms with Crippen molar-refractivity contribution in [1.82, 2.24) is 15.5 Å². The van der Waals surface area contributed by atoms with Crippen LogP contribution < -0.4 is 10.6 Å². The molecule has 2 atom stereocenters. The number of aryl methyl sites for hydroxylation is 1. The predicted molar refractivity (Wildman–Crippen MR) is 126 cm³/mol. The summed E-state index contributed by atoms with van der Waals surface area (Å²) in [4.78, 5) is 37.7. The summed E-state index contributed by atoms with van der Waals surface area (Å²) < 4.78 is 12.3. The Labute approximate surface area is 196 Å². The molecule has 1 aliphatic heterocycles. The van der Waals surface area contributed by atoms with Gasteiger partial charge >= 0.3 is 13.2 Å². The van der Waals surface area contributed by atoms with Crippen molar-refractivity contribution in [2.24, 2.45) is 0 Å². The van der Waals surface area contributed by atoms with Gasteiger partial charge in [-0.15, -0.1) is 0 Å². The highest BCUT2D eigenvalue weighted by Gasteiger charge is 2.54. The number of hydrogen-bond donors (Lipinski definition) is 3. The molecule has 0 spiro atoms. The monoisotopic (exact) mass is 461 g/mol. The molecule has 1 aromatic rings. The van der Waals surface area contributed by atoms with Crippen LogP contribution in [-0.4, -0.2) is 72.3 Å². The largest absolute Gasteiger partial charge is 0.481 e. The minimum atomic E-state index is -1.38. The first-order valence-electron chi connectivity index (χ1n) is 11.2. The summed E-state index contributed by atoms with van der Waals surface area (Å²) in [6.45, 7) is 7.72. The van der Waals surface area contributed by atoms with Gasteiger partial charge in [-0.05, 0) is 52.5 Å². The number of amides is 3. The lowest BCUT2D eigenvalue weighted by atomic mass is 9.75. The van der Waals surface area contributed by atoms with E-state index in [1.54, 1.807) is 14.1 Å². The van der Waals surface area contributed by atoms with Gasteiger partial charge in [0.25, 0.3) is 0 Å². The third kappa shape index (κ3) is 7.47. The zero-order chi connectivity index (χ0) is 24.8. The van der Waals surface area contributed by atoms with E-state index in [0.29, 0.717) is 6.42 Å². The fraction of sp³-hybridized carbons (Fsp3) is 0.609. The van der Waals surface area contributed by atoms with Crippen LogP contribution in [0.4, 0.5) is 4.79 Å². The summed E-state index contributed by atoms with van der Waals surface area (Å²) in [5, 5.41) is 14.2. The average Bonchev–Trinajstić information content (AvgIpc) is 2.94. The first kappa shape index (κ1) is 26.7. The van der Waals surface area contributed by atoms with Gasteiger partial charge in [0.1, 0.15) is 6.04 Å². The third-order valence-electron chi connectivity index (χ3n) is 6.24. The standard InChI is InChI=1S/C23H36BN3O6/c1-22(2)23(3,4)33-24(32-22)18(14-10-13-16-11-8-7-9-12-16)26-20(29)17(25-21(30)31)15-19(28)27(5)6/h7-9,11-12,17-18,25H,10,13-15H2,1-6H3,(H,26,29)(H,30,31)/t17-,18+/m1/s1. The smallest absolute Gasteiger partial charge is 0.465 e. The summed E-state index contributed by atoms with van der Waals surface area (Å²) in [6.07, 6.45) is 0.456. The molecule has 33 heavy (non-hydrogen) atoms. The van der Waals surface area contributed by atoms with E-state index >= 15 is 0 Å². The van der Waals surface area contributed by atoms with Crippen LogP contribution in [0.2, 0.25) is 0 Å². The first-order chi connectivity index (χ1) is 15.3. The van der Waals surface area contributed by atoms with Crippen molar-refractivity contribution in [3.05, 3.63) is 35.9 Å². The van der Waals surface area contributed by atoms with Crippen molar-refractivity contribution in [3.63, 3.8) is 0 Å². The van der Waals surface area contributed by atoms with Gasteiger partial charge < -0.3 is 29.9 Å². The van der Waals surface area contributed by atoms with Gasteiger partial charge in [0, 0.05) is 14.1 Å². The summed E-state index contributed by atoms with van der Waals surface area (Å²) in [5.41, 5.74) is 0.0119. The quantitative estimate of drug-likeness (QED) is 0.460. The highest BCUT2D eigenvalue weighted by atomic mass is 16.7. The van der Waals surface area contributed by atoms with Gasteiger partial charge in [-0.1, -0.05) is 30.3 Å². The van der Waals surface area contributed by atoms with Crippen molar-refractivity contribution in [3.8, 4) is 0 Å². The van der Waals surface area contributed by atoms with E-state index in [4.69, 9.17) is 14.4 Å². The van der Waals surface area contributed by atoms with Gasteiger partial charge in [-0.25, -0.2) is 4.79 Å². The van der Waals surface area contributed by atoms with E-state index < -0.39 is 42.3 Å². The lowest BCUT2D eigenvalue weighted by Crippen LogP contribution is -2.55. The number of nitrogens with one attached hydrogen (secondary N) is 2. The molecule has 9 nitrogen and oxygen atoms in total. The maximum Gasteiger partial charge on any atom is 0.481 e. The fourth-order valence-electron chi connectivity index (χ4n) is 3.50. The summed E-state index contributed by atoms with van der Waals surface area (Å²) in [5.74, 6) is -1.47. The Kier molecular flexibility index (Phi) is 8.91. The van der Waals surface area contributed by atoms with Crippen LogP contribution in [-0.2, 0) is 25.3 Å². The number of nitrogens with zero attached hydrogens (tertiary/aromatic N) is 1. The molecule has 0 radical (unpaired) electrons. The molecule has 1 aliphatic rings. The Bertz CT molecular complexity index is 815. The van der Waals surface area contributed by atoms with Crippen LogP contribution in [0.1, 0.15) is 52.5 Å². The molecule has 3 N–H and O–H groups in total. The number of benzene rings is 1. The molecule has 1 fully saturated rings. The van der Waals surface area contributed by atoms with Crippen molar-refractivity contribution in [1.29, 1.82) is 0 Å². The predicted octanol–water partition coefficient (Wildman–Crippen LogP) is 2.24. The number of carbonyl (C=O) groups excluding carboxylic acids is 2. The Morgan fingerprint density at radius 1 is 1.03 bits per heavy atom. The zero-order valence-corrected chi connectivity index (χ0v) is 20.4. The van der Waals surface area contributed by atoms with Gasteiger partial charge in [0.05, 0.1) is 23.6 Å². The Hall–Kier alpha value is -2.59. The minimum Gasteiger partial charge on any atom is -0.465 e. The topological polar surface area (TPSA) is 117 Å². The van der Waals surface area contributed by atoms with E-state index in [2.05, 4.69) is 10.6 Å². The van der Waals surface area contributed by atoms with Crippen LogP contribution in [0.3, 0.4) is 0 Å². The van der Waals surface area contributed by atoms with Crippen LogP contribution in [0, 0.1) is 0 Å². The third-order valence-corrected chi connectivity index (χ3v) is 6.24. The molecular formula is C23H36BN3O6. The van der Waals surface area contributed by atoms with Gasteiger partial charge in [0.2, 0.25) is 11.8 Å². The molecule has 0 bridgehead atoms. The first-order valence-corrected chi connectivity index (χ1v) is 11.2. The Balaban J connectivity index is 2.15. The summed E-state index contributed by atoms with van der Waals surface area (Å²) >= 11 is 0. The molecule has 0 aliphatic carbocycles. The Morgan fingerprint density at radius 3 is 2.12 bits per heavy atom. The van der Waals surface area contributed by atoms with E-state index in [1.807, 2.05) is 58.0 Å². The lowest BCUT2D eigenvalue weighted by molar-refractivity contribution is -0.133. The zero-order valence-electron chi connectivity index (χ0n) is 20.4. The highest BCUT2D eigenvalue weighted by Crippen LogP contribution is 2.38. The van der Waals surface area contributed by atoms with Crippen molar-refractivity contribution in [2.45, 2.75) is 76.6 Å². The molecule has 3 amide bonds. The number of carbonyl (C=O) groups is 3. The van der Waals surface area contributed by atoms with Crippen molar-refractivity contribution in [2.75, 3.05) is 14.1 Å². The number of rotatable bonds is 10.